The van der Waals surface area contributed by atoms with Gasteiger partial charge in [-0.3, -0.25) is 4.79 Å². The van der Waals surface area contributed by atoms with Crippen LogP contribution in [0.5, 0.6) is 0 Å². The molecule has 0 aliphatic carbocycles. The number of aromatic nitrogens is 1. The molecule has 0 aliphatic rings. The second-order valence-corrected chi connectivity index (χ2v) is 8.11. The monoisotopic (exact) mass is 424 g/mol. The predicted molar refractivity (Wildman–Crippen MR) is 120 cm³/mol. The molecule has 1 heterocycles. The van der Waals surface area contributed by atoms with Gasteiger partial charge in [-0.25, -0.2) is 0 Å². The third-order valence-electron chi connectivity index (χ3n) is 4.75. The lowest BCUT2D eigenvalue weighted by molar-refractivity contribution is -0.117. The second-order valence-electron chi connectivity index (χ2n) is 6.67. The van der Waals surface area contributed by atoms with Crippen molar-refractivity contribution in [2.24, 2.45) is 4.99 Å². The maximum atomic E-state index is 12.8. The first-order valence-corrected chi connectivity index (χ1v) is 10.8. The van der Waals surface area contributed by atoms with Gasteiger partial charge in [0.1, 0.15) is 0 Å². The molecule has 0 saturated heterocycles. The fraction of sp³-hybridized carbons (Fsp3) is 0.217. The number of thiazole rings is 1. The summed E-state index contributed by atoms with van der Waals surface area (Å²) in [7, 11) is 0. The van der Waals surface area contributed by atoms with Crippen LogP contribution in [0.15, 0.2) is 65.7 Å². The van der Waals surface area contributed by atoms with Gasteiger partial charge < -0.3 is 9.30 Å². The third-order valence-corrected chi connectivity index (χ3v) is 6.03. The van der Waals surface area contributed by atoms with Crippen molar-refractivity contribution in [1.82, 2.24) is 4.57 Å². The molecule has 6 heteroatoms. The van der Waals surface area contributed by atoms with E-state index >= 15 is 0 Å². The van der Waals surface area contributed by atoms with Crippen molar-refractivity contribution in [3.63, 3.8) is 0 Å². The number of amides is 1. The molecule has 4 rings (SSSR count). The van der Waals surface area contributed by atoms with E-state index in [1.807, 2.05) is 60.0 Å². The zero-order valence-corrected chi connectivity index (χ0v) is 17.7. The Balaban J connectivity index is 1.70. The van der Waals surface area contributed by atoms with E-state index in [0.29, 0.717) is 29.6 Å². The maximum Gasteiger partial charge on any atom is 0.252 e. The lowest BCUT2D eigenvalue weighted by atomic mass is 10.0. The molecule has 0 saturated carbocycles. The lowest BCUT2D eigenvalue weighted by Gasteiger charge is -2.06. The summed E-state index contributed by atoms with van der Waals surface area (Å²) < 4.78 is 8.55. The van der Waals surface area contributed by atoms with Crippen molar-refractivity contribution < 1.29 is 9.53 Å². The van der Waals surface area contributed by atoms with Crippen LogP contribution in [0.4, 0.5) is 0 Å². The summed E-state index contributed by atoms with van der Waals surface area (Å²) in [6.07, 6.45) is 0.266. The van der Waals surface area contributed by atoms with Crippen molar-refractivity contribution in [1.29, 1.82) is 0 Å². The molecule has 29 heavy (non-hydrogen) atoms. The molecule has 0 radical (unpaired) electrons. The van der Waals surface area contributed by atoms with Crippen LogP contribution in [0.1, 0.15) is 12.5 Å². The number of halogens is 1. The molecular weight excluding hydrogens is 404 g/mol. The first-order chi connectivity index (χ1) is 14.2. The van der Waals surface area contributed by atoms with Gasteiger partial charge in [-0.1, -0.05) is 65.4 Å². The summed E-state index contributed by atoms with van der Waals surface area (Å²) in [5.74, 6) is -0.163. The molecule has 0 atom stereocenters. The highest BCUT2D eigenvalue weighted by atomic mass is 35.5. The second kappa shape index (κ2) is 8.91. The lowest BCUT2D eigenvalue weighted by Crippen LogP contribution is -2.20. The number of benzene rings is 3. The molecule has 3 aromatic carbocycles. The number of carbonyl (C=O) groups excluding carboxylic acids is 1. The van der Waals surface area contributed by atoms with Crippen LogP contribution in [-0.4, -0.2) is 23.7 Å². The number of hydrogen-bond donors (Lipinski definition) is 0. The van der Waals surface area contributed by atoms with Gasteiger partial charge in [0.25, 0.3) is 5.91 Å². The number of hydrogen-bond acceptors (Lipinski definition) is 3. The fourth-order valence-electron chi connectivity index (χ4n) is 3.40. The number of rotatable bonds is 6. The van der Waals surface area contributed by atoms with Gasteiger partial charge >= 0.3 is 0 Å². The zero-order valence-electron chi connectivity index (χ0n) is 16.1. The highest BCUT2D eigenvalue weighted by molar-refractivity contribution is 7.16. The van der Waals surface area contributed by atoms with E-state index in [1.54, 1.807) is 0 Å². The van der Waals surface area contributed by atoms with E-state index < -0.39 is 0 Å². The predicted octanol–water partition coefficient (Wildman–Crippen LogP) is 5.22. The quantitative estimate of drug-likeness (QED) is 0.398. The van der Waals surface area contributed by atoms with Crippen molar-refractivity contribution in [2.75, 3.05) is 13.2 Å². The molecule has 0 bridgehead atoms. The van der Waals surface area contributed by atoms with Gasteiger partial charge in [0.15, 0.2) is 4.80 Å². The van der Waals surface area contributed by atoms with Crippen LogP contribution in [0.3, 0.4) is 0 Å². The normalized spacial score (nSPS) is 12.1. The first-order valence-electron chi connectivity index (χ1n) is 9.56. The van der Waals surface area contributed by atoms with E-state index in [1.165, 1.54) is 11.3 Å². The summed E-state index contributed by atoms with van der Waals surface area (Å²) in [4.78, 5) is 17.9. The van der Waals surface area contributed by atoms with Crippen LogP contribution >= 0.6 is 22.9 Å². The van der Waals surface area contributed by atoms with Gasteiger partial charge in [-0.05, 0) is 41.5 Å². The fourth-order valence-corrected chi connectivity index (χ4v) is 4.75. The Morgan fingerprint density at radius 3 is 2.83 bits per heavy atom. The molecule has 0 aliphatic heterocycles. The molecule has 4 nitrogen and oxygen atoms in total. The molecule has 0 spiro atoms. The summed E-state index contributed by atoms with van der Waals surface area (Å²) in [6, 6.07) is 19.8. The third kappa shape index (κ3) is 4.42. The highest BCUT2D eigenvalue weighted by Crippen LogP contribution is 2.22. The van der Waals surface area contributed by atoms with Gasteiger partial charge in [0.05, 0.1) is 23.2 Å². The minimum Gasteiger partial charge on any atom is -0.380 e. The SMILES string of the molecule is CCOCCn1c(=NC(=O)Cc2cccc3ccccc23)sc2cc(Cl)ccc21. The van der Waals surface area contributed by atoms with Gasteiger partial charge in [0.2, 0.25) is 0 Å². The van der Waals surface area contributed by atoms with Crippen molar-refractivity contribution in [2.45, 2.75) is 19.9 Å². The van der Waals surface area contributed by atoms with Crippen LogP contribution in [-0.2, 0) is 22.5 Å². The Labute approximate surface area is 178 Å². The van der Waals surface area contributed by atoms with Gasteiger partial charge in [-0.15, -0.1) is 0 Å². The average molecular weight is 425 g/mol. The molecule has 1 aromatic heterocycles. The summed E-state index contributed by atoms with van der Waals surface area (Å²) in [5, 5.41) is 2.89. The Bertz CT molecular complexity index is 1240. The van der Waals surface area contributed by atoms with E-state index in [-0.39, 0.29) is 12.3 Å². The molecule has 0 fully saturated rings. The standard InChI is InChI=1S/C23H21ClN2O2S/c1-2-28-13-12-26-20-11-10-18(24)15-21(20)29-23(26)25-22(27)14-17-8-5-7-16-6-3-4-9-19(16)17/h3-11,15H,2,12-14H2,1H3. The molecular formula is C23H21ClN2O2S. The van der Waals surface area contributed by atoms with Gasteiger partial charge in [0, 0.05) is 18.2 Å². The Hall–Kier alpha value is -2.47. The first kappa shape index (κ1) is 19.8. The summed E-state index contributed by atoms with van der Waals surface area (Å²) in [6.45, 7) is 3.82. The van der Waals surface area contributed by atoms with Crippen LogP contribution < -0.4 is 4.80 Å². The highest BCUT2D eigenvalue weighted by Gasteiger charge is 2.10. The smallest absolute Gasteiger partial charge is 0.252 e. The Morgan fingerprint density at radius 2 is 1.97 bits per heavy atom. The van der Waals surface area contributed by atoms with E-state index in [4.69, 9.17) is 16.3 Å². The number of nitrogens with zero attached hydrogens (tertiary/aromatic N) is 2. The number of ether oxygens (including phenoxy) is 1. The molecule has 0 N–H and O–H groups in total. The zero-order chi connectivity index (χ0) is 20.2. The van der Waals surface area contributed by atoms with Crippen molar-refractivity contribution in [3.05, 3.63) is 76.1 Å². The summed E-state index contributed by atoms with van der Waals surface area (Å²) >= 11 is 7.62. The Morgan fingerprint density at radius 1 is 1.14 bits per heavy atom. The van der Waals surface area contributed by atoms with E-state index in [9.17, 15) is 4.79 Å². The minimum absolute atomic E-state index is 0.163. The van der Waals surface area contributed by atoms with Crippen LogP contribution in [0.2, 0.25) is 5.02 Å². The van der Waals surface area contributed by atoms with Gasteiger partial charge in [-0.2, -0.15) is 4.99 Å². The molecule has 148 valence electrons. The van der Waals surface area contributed by atoms with E-state index in [2.05, 4.69) is 17.1 Å². The van der Waals surface area contributed by atoms with E-state index in [0.717, 1.165) is 26.6 Å². The topological polar surface area (TPSA) is 43.6 Å². The molecule has 1 amide bonds. The number of carbonyl (C=O) groups is 1. The maximum absolute atomic E-state index is 12.8. The Kier molecular flexibility index (Phi) is 6.09. The molecule has 0 unspecified atom stereocenters. The number of fused-ring (bicyclic) bond motifs is 2. The van der Waals surface area contributed by atoms with Crippen molar-refractivity contribution in [3.8, 4) is 0 Å². The van der Waals surface area contributed by atoms with Crippen molar-refractivity contribution >= 4 is 49.8 Å². The van der Waals surface area contributed by atoms with Crippen LogP contribution in [0, 0.1) is 0 Å². The molecule has 4 aromatic rings. The average Bonchev–Trinajstić information content (AvgIpc) is 3.04. The minimum atomic E-state index is -0.163. The summed E-state index contributed by atoms with van der Waals surface area (Å²) in [5.41, 5.74) is 2.00. The largest absolute Gasteiger partial charge is 0.380 e. The van der Waals surface area contributed by atoms with Crippen LogP contribution in [0.25, 0.3) is 21.0 Å².